The quantitative estimate of drug-likeness (QED) is 0.791. The van der Waals surface area contributed by atoms with Crippen LogP contribution in [0, 0.1) is 0 Å². The summed E-state index contributed by atoms with van der Waals surface area (Å²) in [5.41, 5.74) is 0. The van der Waals surface area contributed by atoms with Crippen LogP contribution in [0.25, 0.3) is 0 Å². The fourth-order valence-corrected chi connectivity index (χ4v) is 1.88. The average molecular weight is 245 g/mol. The highest BCUT2D eigenvalue weighted by molar-refractivity contribution is 7.90. The van der Waals surface area contributed by atoms with Gasteiger partial charge in [0.2, 0.25) is 0 Å². The van der Waals surface area contributed by atoms with E-state index in [9.17, 15) is 8.42 Å². The van der Waals surface area contributed by atoms with Gasteiger partial charge in [0.1, 0.15) is 9.84 Å². The van der Waals surface area contributed by atoms with E-state index in [2.05, 4.69) is 10.4 Å². The highest BCUT2D eigenvalue weighted by atomic mass is 32.2. The van der Waals surface area contributed by atoms with E-state index in [0.717, 1.165) is 0 Å². The Kier molecular flexibility index (Phi) is 4.49. The van der Waals surface area contributed by atoms with Gasteiger partial charge in [-0.05, 0) is 19.9 Å². The molecule has 0 aliphatic rings. The Hall–Kier alpha value is -0.880. The molecule has 0 aromatic carbocycles. The summed E-state index contributed by atoms with van der Waals surface area (Å²) in [6, 6.07) is 2.26. The maximum atomic E-state index is 11.0. The Morgan fingerprint density at radius 2 is 2.12 bits per heavy atom. The fourth-order valence-electron chi connectivity index (χ4n) is 1.39. The molecule has 1 rings (SSSR count). The number of nitrogens with one attached hydrogen (secondary N) is 1. The van der Waals surface area contributed by atoms with Crippen LogP contribution in [-0.2, 0) is 9.84 Å². The first kappa shape index (κ1) is 13.2. The predicted molar refractivity (Wildman–Crippen MR) is 64.1 cm³/mol. The average Bonchev–Trinajstić information content (AvgIpc) is 2.67. The smallest absolute Gasteiger partial charge is 0.148 e. The lowest BCUT2D eigenvalue weighted by molar-refractivity contribution is 0.372. The highest BCUT2D eigenvalue weighted by Gasteiger charge is 2.13. The zero-order valence-electron chi connectivity index (χ0n) is 9.92. The monoisotopic (exact) mass is 245 g/mol. The van der Waals surface area contributed by atoms with E-state index in [-0.39, 0.29) is 17.8 Å². The molecule has 0 unspecified atom stereocenters. The normalized spacial score (nSPS) is 15.9. The van der Waals surface area contributed by atoms with Crippen molar-refractivity contribution in [3.05, 3.63) is 18.5 Å². The molecular formula is C10H19N3O2S. The van der Waals surface area contributed by atoms with Gasteiger partial charge in [0, 0.05) is 31.2 Å². The predicted octanol–water partition coefficient (Wildman–Crippen LogP) is 0.467. The minimum absolute atomic E-state index is 0.170. The summed E-state index contributed by atoms with van der Waals surface area (Å²) in [6.45, 7) is 4.55. The Bertz CT molecular complexity index is 400. The summed E-state index contributed by atoms with van der Waals surface area (Å²) in [4.78, 5) is 0. The molecule has 0 amide bonds. The van der Waals surface area contributed by atoms with Crippen molar-refractivity contribution in [3.8, 4) is 0 Å². The topological polar surface area (TPSA) is 64.0 Å². The van der Waals surface area contributed by atoms with Gasteiger partial charge in [0.15, 0.2) is 0 Å². The highest BCUT2D eigenvalue weighted by Crippen LogP contribution is 2.08. The van der Waals surface area contributed by atoms with E-state index in [4.69, 9.17) is 0 Å². The molecule has 1 N–H and O–H groups in total. The van der Waals surface area contributed by atoms with Gasteiger partial charge in [-0.15, -0.1) is 0 Å². The number of hydrogen-bond donors (Lipinski definition) is 1. The van der Waals surface area contributed by atoms with Gasteiger partial charge >= 0.3 is 0 Å². The minimum Gasteiger partial charge on any atom is -0.311 e. The molecule has 2 atom stereocenters. The van der Waals surface area contributed by atoms with Crippen LogP contribution in [0.4, 0.5) is 0 Å². The van der Waals surface area contributed by atoms with Crippen LogP contribution in [0.15, 0.2) is 18.5 Å². The van der Waals surface area contributed by atoms with Crippen molar-refractivity contribution in [2.45, 2.75) is 25.9 Å². The molecule has 92 valence electrons. The van der Waals surface area contributed by atoms with Gasteiger partial charge in [-0.1, -0.05) is 0 Å². The number of sulfone groups is 1. The first-order chi connectivity index (χ1) is 7.40. The molecule has 6 heteroatoms. The first-order valence-corrected chi connectivity index (χ1v) is 7.36. The van der Waals surface area contributed by atoms with Gasteiger partial charge in [-0.2, -0.15) is 5.10 Å². The standard InChI is InChI=1S/C10H19N3O2S/c1-9(11-6-8-16(3,14)15)10(2)13-7-4-5-12-13/h4-5,7,9-11H,6,8H2,1-3H3/t9-,10+/m1/s1. The molecule has 1 aromatic rings. The lowest BCUT2D eigenvalue weighted by Gasteiger charge is -2.21. The van der Waals surface area contributed by atoms with Crippen LogP contribution in [0.3, 0.4) is 0 Å². The number of aromatic nitrogens is 2. The summed E-state index contributed by atoms with van der Waals surface area (Å²) in [7, 11) is -2.88. The molecule has 0 saturated heterocycles. The number of nitrogens with zero attached hydrogens (tertiary/aromatic N) is 2. The van der Waals surface area contributed by atoms with E-state index in [1.54, 1.807) is 6.20 Å². The molecule has 0 saturated carbocycles. The Labute approximate surface area is 96.8 Å². The van der Waals surface area contributed by atoms with Crippen molar-refractivity contribution in [1.82, 2.24) is 15.1 Å². The molecule has 1 aromatic heterocycles. The Morgan fingerprint density at radius 1 is 1.44 bits per heavy atom. The van der Waals surface area contributed by atoms with E-state index >= 15 is 0 Å². The van der Waals surface area contributed by atoms with Crippen molar-refractivity contribution < 1.29 is 8.42 Å². The summed E-state index contributed by atoms with van der Waals surface area (Å²) in [5.74, 6) is 0.170. The zero-order valence-corrected chi connectivity index (χ0v) is 10.7. The summed E-state index contributed by atoms with van der Waals surface area (Å²) < 4.78 is 23.8. The van der Waals surface area contributed by atoms with Crippen LogP contribution in [0.2, 0.25) is 0 Å². The van der Waals surface area contributed by atoms with Crippen molar-refractivity contribution in [2.24, 2.45) is 0 Å². The number of hydrogen-bond acceptors (Lipinski definition) is 4. The molecule has 0 fully saturated rings. The second kappa shape index (κ2) is 5.45. The molecule has 5 nitrogen and oxygen atoms in total. The third-order valence-corrected chi connectivity index (χ3v) is 3.55. The van der Waals surface area contributed by atoms with E-state index < -0.39 is 9.84 Å². The second-order valence-electron chi connectivity index (χ2n) is 4.10. The molecule has 1 heterocycles. The van der Waals surface area contributed by atoms with Crippen LogP contribution in [0.1, 0.15) is 19.9 Å². The summed E-state index contributed by atoms with van der Waals surface area (Å²) in [5, 5.41) is 7.34. The largest absolute Gasteiger partial charge is 0.311 e. The van der Waals surface area contributed by atoms with Gasteiger partial charge in [0.25, 0.3) is 0 Å². The molecular weight excluding hydrogens is 226 g/mol. The van der Waals surface area contributed by atoms with Crippen molar-refractivity contribution in [1.29, 1.82) is 0 Å². The van der Waals surface area contributed by atoms with Gasteiger partial charge in [-0.25, -0.2) is 8.42 Å². The Morgan fingerprint density at radius 3 is 2.62 bits per heavy atom. The molecule has 0 bridgehead atoms. The molecule has 16 heavy (non-hydrogen) atoms. The SMILES string of the molecule is C[C@@H](NCCS(C)(=O)=O)[C@H](C)n1cccn1. The molecule has 0 aliphatic carbocycles. The van der Waals surface area contributed by atoms with Crippen LogP contribution < -0.4 is 5.32 Å². The third kappa shape index (κ3) is 4.32. The van der Waals surface area contributed by atoms with Gasteiger partial charge in [-0.3, -0.25) is 4.68 Å². The summed E-state index contributed by atoms with van der Waals surface area (Å²) >= 11 is 0. The minimum atomic E-state index is -2.88. The zero-order chi connectivity index (χ0) is 12.2. The Balaban J connectivity index is 2.38. The van der Waals surface area contributed by atoms with Crippen molar-refractivity contribution in [3.63, 3.8) is 0 Å². The molecule has 0 aliphatic heterocycles. The van der Waals surface area contributed by atoms with Gasteiger partial charge < -0.3 is 5.32 Å². The maximum absolute atomic E-state index is 11.0. The van der Waals surface area contributed by atoms with Crippen molar-refractivity contribution >= 4 is 9.84 Å². The second-order valence-corrected chi connectivity index (χ2v) is 6.36. The van der Waals surface area contributed by atoms with E-state index in [1.807, 2.05) is 30.8 Å². The first-order valence-electron chi connectivity index (χ1n) is 5.30. The third-order valence-electron chi connectivity index (χ3n) is 2.60. The lowest BCUT2D eigenvalue weighted by Crippen LogP contribution is -2.36. The maximum Gasteiger partial charge on any atom is 0.148 e. The van der Waals surface area contributed by atoms with E-state index in [0.29, 0.717) is 6.54 Å². The molecule has 0 radical (unpaired) electrons. The fraction of sp³-hybridized carbons (Fsp3) is 0.700. The van der Waals surface area contributed by atoms with Crippen LogP contribution in [0.5, 0.6) is 0 Å². The van der Waals surface area contributed by atoms with E-state index in [1.165, 1.54) is 6.26 Å². The van der Waals surface area contributed by atoms with Crippen molar-refractivity contribution in [2.75, 3.05) is 18.6 Å². The number of rotatable bonds is 6. The lowest BCUT2D eigenvalue weighted by atomic mass is 10.2. The van der Waals surface area contributed by atoms with Gasteiger partial charge in [0.05, 0.1) is 11.8 Å². The van der Waals surface area contributed by atoms with Crippen LogP contribution in [-0.4, -0.2) is 42.8 Å². The molecule has 0 spiro atoms. The van der Waals surface area contributed by atoms with Crippen LogP contribution >= 0.6 is 0 Å². The summed E-state index contributed by atoms with van der Waals surface area (Å²) in [6.07, 6.45) is 4.88.